The maximum absolute atomic E-state index is 12.2. The van der Waals surface area contributed by atoms with Gasteiger partial charge in [-0.15, -0.1) is 0 Å². The predicted molar refractivity (Wildman–Crippen MR) is 59.3 cm³/mol. The maximum atomic E-state index is 12.2. The topological polar surface area (TPSA) is 20.2 Å². The molecule has 0 saturated heterocycles. The normalized spacial score (nSPS) is 13.8. The van der Waals surface area contributed by atoms with Crippen molar-refractivity contribution in [2.75, 3.05) is 6.61 Å². The van der Waals surface area contributed by atoms with Gasteiger partial charge in [-0.25, -0.2) is 0 Å². The van der Waals surface area contributed by atoms with E-state index in [1.54, 1.807) is 0 Å². The third-order valence-corrected chi connectivity index (χ3v) is 3.29. The highest BCUT2D eigenvalue weighted by atomic mass is 32.2. The van der Waals surface area contributed by atoms with Crippen LogP contribution in [0.15, 0.2) is 24.3 Å². The third-order valence-electron chi connectivity index (χ3n) is 2.07. The summed E-state index contributed by atoms with van der Waals surface area (Å²) in [4.78, 5) is 0. The summed E-state index contributed by atoms with van der Waals surface area (Å²) in [7, 11) is 0. The second-order valence-electron chi connectivity index (χ2n) is 3.50. The number of rotatable bonds is 4. The minimum atomic E-state index is -4.27. The van der Waals surface area contributed by atoms with Crippen molar-refractivity contribution in [1.29, 1.82) is 0 Å². The van der Waals surface area contributed by atoms with E-state index in [1.807, 2.05) is 6.92 Å². The number of aliphatic hydroxyl groups is 1. The van der Waals surface area contributed by atoms with E-state index in [-0.39, 0.29) is 11.9 Å². The lowest BCUT2D eigenvalue weighted by Crippen LogP contribution is -2.05. The van der Waals surface area contributed by atoms with Crippen molar-refractivity contribution in [3.8, 4) is 0 Å². The molecule has 0 aromatic heterocycles. The number of benzene rings is 1. The Bertz CT molecular complexity index is 321. The summed E-state index contributed by atoms with van der Waals surface area (Å²) >= 11 is 1.51. The van der Waals surface area contributed by atoms with Crippen molar-refractivity contribution in [1.82, 2.24) is 0 Å². The molecule has 5 heteroatoms. The number of aliphatic hydroxyl groups excluding tert-OH is 1. The van der Waals surface area contributed by atoms with E-state index in [0.717, 1.165) is 17.7 Å². The molecule has 0 radical (unpaired) electrons. The van der Waals surface area contributed by atoms with Crippen LogP contribution in [-0.2, 0) is 11.9 Å². The molecule has 0 spiro atoms. The predicted octanol–water partition coefficient (Wildman–Crippen LogP) is 3.32. The first kappa shape index (κ1) is 13.4. The van der Waals surface area contributed by atoms with Gasteiger partial charge in [-0.05, 0) is 17.7 Å². The molecule has 1 rings (SSSR count). The van der Waals surface area contributed by atoms with Crippen LogP contribution >= 0.6 is 11.8 Å². The van der Waals surface area contributed by atoms with Crippen LogP contribution < -0.4 is 0 Å². The van der Waals surface area contributed by atoms with Crippen LogP contribution in [-0.4, -0.2) is 17.0 Å². The molecule has 1 aromatic carbocycles. The molecule has 0 bridgehead atoms. The van der Waals surface area contributed by atoms with Gasteiger partial charge in [-0.3, -0.25) is 0 Å². The summed E-state index contributed by atoms with van der Waals surface area (Å²) in [6, 6.07) is 5.11. The summed E-state index contributed by atoms with van der Waals surface area (Å²) in [5.74, 6) is 0.611. The summed E-state index contributed by atoms with van der Waals surface area (Å²) in [6.45, 7) is 1.94. The Morgan fingerprint density at radius 2 is 1.81 bits per heavy atom. The number of halogens is 3. The summed E-state index contributed by atoms with van der Waals surface area (Å²) in [6.07, 6.45) is -4.27. The van der Waals surface area contributed by atoms with E-state index in [9.17, 15) is 13.2 Å². The van der Waals surface area contributed by atoms with Crippen LogP contribution in [0.2, 0.25) is 0 Å². The van der Waals surface area contributed by atoms with Gasteiger partial charge in [0, 0.05) is 11.0 Å². The minimum Gasteiger partial charge on any atom is -0.395 e. The van der Waals surface area contributed by atoms with Gasteiger partial charge >= 0.3 is 6.18 Å². The smallest absolute Gasteiger partial charge is 0.395 e. The quantitative estimate of drug-likeness (QED) is 0.884. The fourth-order valence-corrected chi connectivity index (χ4v) is 1.86. The van der Waals surface area contributed by atoms with E-state index >= 15 is 0 Å². The minimum absolute atomic E-state index is 0.0747. The zero-order valence-corrected chi connectivity index (χ0v) is 9.61. The zero-order valence-electron chi connectivity index (χ0n) is 8.79. The fraction of sp³-hybridized carbons (Fsp3) is 0.455. The average Bonchev–Trinajstić information content (AvgIpc) is 2.25. The van der Waals surface area contributed by atoms with Crippen molar-refractivity contribution in [2.24, 2.45) is 0 Å². The van der Waals surface area contributed by atoms with Crippen LogP contribution in [0.4, 0.5) is 13.2 Å². The van der Waals surface area contributed by atoms with Gasteiger partial charge in [0.2, 0.25) is 0 Å². The van der Waals surface area contributed by atoms with Gasteiger partial charge in [0.25, 0.3) is 0 Å². The number of thioether (sulfide) groups is 1. The van der Waals surface area contributed by atoms with Crippen LogP contribution in [0.3, 0.4) is 0 Å². The molecule has 0 aliphatic heterocycles. The molecule has 1 unspecified atom stereocenters. The molecule has 90 valence electrons. The lowest BCUT2D eigenvalue weighted by atomic mass is 10.1. The van der Waals surface area contributed by atoms with E-state index in [0.29, 0.717) is 5.75 Å². The Labute approximate surface area is 96.7 Å². The van der Waals surface area contributed by atoms with Crippen molar-refractivity contribution in [2.45, 2.75) is 24.1 Å². The molecular weight excluding hydrogens is 237 g/mol. The Morgan fingerprint density at radius 3 is 2.25 bits per heavy atom. The zero-order chi connectivity index (χ0) is 12.2. The van der Waals surface area contributed by atoms with E-state index in [4.69, 9.17) is 5.11 Å². The highest BCUT2D eigenvalue weighted by Crippen LogP contribution is 2.29. The molecule has 1 N–H and O–H groups in total. The number of hydrogen-bond donors (Lipinski definition) is 1. The highest BCUT2D eigenvalue weighted by Gasteiger charge is 2.29. The van der Waals surface area contributed by atoms with Crippen molar-refractivity contribution >= 4 is 11.8 Å². The first-order valence-corrected chi connectivity index (χ1v) is 5.87. The number of hydrogen-bond acceptors (Lipinski definition) is 2. The third kappa shape index (κ3) is 4.06. The summed E-state index contributed by atoms with van der Waals surface area (Å²) < 4.78 is 36.7. The molecule has 16 heavy (non-hydrogen) atoms. The molecule has 0 amide bonds. The summed E-state index contributed by atoms with van der Waals surface area (Å²) in [5, 5.41) is 8.89. The van der Waals surface area contributed by atoms with Gasteiger partial charge < -0.3 is 5.11 Å². The Morgan fingerprint density at radius 1 is 1.25 bits per heavy atom. The second kappa shape index (κ2) is 5.59. The second-order valence-corrected chi connectivity index (χ2v) is 4.93. The van der Waals surface area contributed by atoms with Crippen LogP contribution in [0, 0.1) is 0 Å². The van der Waals surface area contributed by atoms with Crippen molar-refractivity contribution in [3.63, 3.8) is 0 Å². The standard InChI is InChI=1S/C11H13F3OS/c1-8(6-15)16-7-9-2-4-10(5-3-9)11(12,13)14/h2-5,8,15H,6-7H2,1H3. The monoisotopic (exact) mass is 250 g/mol. The van der Waals surface area contributed by atoms with Gasteiger partial charge in [0.15, 0.2) is 0 Å². The lowest BCUT2D eigenvalue weighted by molar-refractivity contribution is -0.137. The molecule has 0 aliphatic rings. The summed E-state index contributed by atoms with van der Waals surface area (Å²) in [5.41, 5.74) is 0.203. The number of alkyl halides is 3. The van der Waals surface area contributed by atoms with Gasteiger partial charge in [-0.2, -0.15) is 24.9 Å². The molecule has 0 saturated carbocycles. The molecule has 0 aliphatic carbocycles. The first-order chi connectivity index (χ1) is 7.43. The Hall–Kier alpha value is -0.680. The maximum Gasteiger partial charge on any atom is 0.416 e. The largest absolute Gasteiger partial charge is 0.416 e. The Balaban J connectivity index is 2.58. The fourth-order valence-electron chi connectivity index (χ4n) is 1.08. The van der Waals surface area contributed by atoms with Gasteiger partial charge in [0.1, 0.15) is 0 Å². The average molecular weight is 250 g/mol. The van der Waals surface area contributed by atoms with E-state index in [2.05, 4.69) is 0 Å². The van der Waals surface area contributed by atoms with Crippen molar-refractivity contribution in [3.05, 3.63) is 35.4 Å². The van der Waals surface area contributed by atoms with Crippen LogP contribution in [0.1, 0.15) is 18.1 Å². The molecule has 1 atom stereocenters. The lowest BCUT2D eigenvalue weighted by Gasteiger charge is -2.09. The molecular formula is C11H13F3OS. The SMILES string of the molecule is CC(CO)SCc1ccc(C(F)(F)F)cc1. The van der Waals surface area contributed by atoms with Gasteiger partial charge in [-0.1, -0.05) is 19.1 Å². The van der Waals surface area contributed by atoms with Crippen molar-refractivity contribution < 1.29 is 18.3 Å². The molecule has 1 nitrogen and oxygen atoms in total. The van der Waals surface area contributed by atoms with E-state index < -0.39 is 11.7 Å². The van der Waals surface area contributed by atoms with Crippen LogP contribution in [0.5, 0.6) is 0 Å². The molecule has 0 fully saturated rings. The van der Waals surface area contributed by atoms with Gasteiger partial charge in [0.05, 0.1) is 12.2 Å². The first-order valence-electron chi connectivity index (χ1n) is 4.82. The van der Waals surface area contributed by atoms with Crippen LogP contribution in [0.25, 0.3) is 0 Å². The highest BCUT2D eigenvalue weighted by molar-refractivity contribution is 7.99. The molecule has 1 aromatic rings. The van der Waals surface area contributed by atoms with E-state index in [1.165, 1.54) is 23.9 Å². The Kier molecular flexibility index (Phi) is 4.68. The molecule has 0 heterocycles.